The highest BCUT2D eigenvalue weighted by Gasteiger charge is 2.27. The van der Waals surface area contributed by atoms with Crippen LogP contribution in [0.2, 0.25) is 0 Å². The summed E-state index contributed by atoms with van der Waals surface area (Å²) in [6.45, 7) is 1.91. The lowest BCUT2D eigenvalue weighted by molar-refractivity contribution is -0.119. The average molecular weight is 372 g/mol. The number of methoxy groups -OCH3 is 2. The molecule has 0 aliphatic rings. The highest BCUT2D eigenvalue weighted by molar-refractivity contribution is 7.17. The summed E-state index contributed by atoms with van der Waals surface area (Å²) in [6.07, 6.45) is 0.518. The van der Waals surface area contributed by atoms with Gasteiger partial charge in [-0.1, -0.05) is 19.1 Å². The number of aromatic nitrogens is 1. The summed E-state index contributed by atoms with van der Waals surface area (Å²) in [5.74, 6) is -0.0973. The number of amides is 1. The third-order valence-electron chi connectivity index (χ3n) is 4.22. The third-order valence-corrected chi connectivity index (χ3v) is 5.07. The number of nitrogens with one attached hydrogen (secondary N) is 1. The molecule has 0 bridgehead atoms. The summed E-state index contributed by atoms with van der Waals surface area (Å²) in [7, 11) is 2.89. The molecule has 0 spiro atoms. The van der Waals surface area contributed by atoms with Gasteiger partial charge in [-0.2, -0.15) is 0 Å². The molecule has 1 N–H and O–H groups in total. The van der Waals surface area contributed by atoms with Gasteiger partial charge in [0, 0.05) is 0 Å². The fraction of sp³-hybridized carbons (Fsp3) is 0.263. The Morgan fingerprint density at radius 3 is 2.69 bits per heavy atom. The maximum absolute atomic E-state index is 13.0. The standard InChI is InChI=1S/C19H20N2O4S/c1-4-13(18(22)20-12-7-5-6-8-16(12)24-2)21-14-9-10-26-17(14)11-15(21)19(23)25-3/h5-11,13H,4H2,1-3H3,(H,20,22). The van der Waals surface area contributed by atoms with Gasteiger partial charge in [-0.05, 0) is 36.1 Å². The second kappa shape index (κ2) is 7.61. The van der Waals surface area contributed by atoms with Crippen LogP contribution >= 0.6 is 11.3 Å². The molecule has 0 aliphatic heterocycles. The van der Waals surface area contributed by atoms with Crippen LogP contribution in [0.15, 0.2) is 41.8 Å². The van der Waals surface area contributed by atoms with Crippen molar-refractivity contribution in [2.24, 2.45) is 0 Å². The molecular formula is C19H20N2O4S. The van der Waals surface area contributed by atoms with Crippen LogP contribution in [0.25, 0.3) is 10.2 Å². The van der Waals surface area contributed by atoms with Crippen molar-refractivity contribution in [1.29, 1.82) is 0 Å². The van der Waals surface area contributed by atoms with Crippen LogP contribution in [0.3, 0.4) is 0 Å². The minimum absolute atomic E-state index is 0.217. The number of hydrogen-bond acceptors (Lipinski definition) is 5. The van der Waals surface area contributed by atoms with Crippen LogP contribution in [0.5, 0.6) is 5.75 Å². The van der Waals surface area contributed by atoms with E-state index in [9.17, 15) is 9.59 Å². The van der Waals surface area contributed by atoms with Crippen LogP contribution in [0.1, 0.15) is 29.9 Å². The summed E-state index contributed by atoms with van der Waals surface area (Å²) >= 11 is 1.52. The predicted octanol–water partition coefficient (Wildman–Crippen LogP) is 4.09. The minimum Gasteiger partial charge on any atom is -0.495 e. The third kappa shape index (κ3) is 3.17. The molecule has 3 aromatic rings. The summed E-state index contributed by atoms with van der Waals surface area (Å²) < 4.78 is 12.9. The Balaban J connectivity index is 2.00. The zero-order valence-electron chi connectivity index (χ0n) is 14.8. The SMILES string of the molecule is CCC(C(=O)Nc1ccccc1OC)n1c(C(=O)OC)cc2sccc21. The number of anilines is 1. The highest BCUT2D eigenvalue weighted by Crippen LogP contribution is 2.32. The number of thiophene rings is 1. The van der Waals surface area contributed by atoms with E-state index >= 15 is 0 Å². The van der Waals surface area contributed by atoms with Crippen molar-refractivity contribution < 1.29 is 19.1 Å². The fourth-order valence-corrected chi connectivity index (χ4v) is 3.80. The van der Waals surface area contributed by atoms with E-state index < -0.39 is 12.0 Å². The summed E-state index contributed by atoms with van der Waals surface area (Å²) in [5, 5.41) is 4.85. The number of ether oxygens (including phenoxy) is 2. The van der Waals surface area contributed by atoms with Gasteiger partial charge in [0.25, 0.3) is 0 Å². The van der Waals surface area contributed by atoms with Gasteiger partial charge in [0.1, 0.15) is 17.5 Å². The monoisotopic (exact) mass is 372 g/mol. The Bertz CT molecular complexity index is 944. The Hall–Kier alpha value is -2.80. The van der Waals surface area contributed by atoms with Crippen LogP contribution in [-0.4, -0.2) is 30.7 Å². The number of carbonyl (C=O) groups excluding carboxylic acids is 2. The number of benzene rings is 1. The number of hydrogen-bond donors (Lipinski definition) is 1. The Kier molecular flexibility index (Phi) is 5.27. The summed E-state index contributed by atoms with van der Waals surface area (Å²) in [6, 6.07) is 10.3. The molecule has 1 aromatic carbocycles. The summed E-state index contributed by atoms with van der Waals surface area (Å²) in [4.78, 5) is 25.2. The molecule has 26 heavy (non-hydrogen) atoms. The highest BCUT2D eigenvalue weighted by atomic mass is 32.1. The first-order chi connectivity index (χ1) is 12.6. The number of rotatable bonds is 6. The first kappa shape index (κ1) is 18.0. The molecule has 2 heterocycles. The van der Waals surface area contributed by atoms with Gasteiger partial charge >= 0.3 is 5.97 Å². The smallest absolute Gasteiger partial charge is 0.354 e. The van der Waals surface area contributed by atoms with Gasteiger partial charge < -0.3 is 19.4 Å². The number of para-hydroxylation sites is 2. The molecule has 0 saturated carbocycles. The van der Waals surface area contributed by atoms with Crippen molar-refractivity contribution >= 4 is 39.1 Å². The molecule has 136 valence electrons. The Morgan fingerprint density at radius 2 is 2.00 bits per heavy atom. The maximum Gasteiger partial charge on any atom is 0.354 e. The number of nitrogens with zero attached hydrogens (tertiary/aromatic N) is 1. The van der Waals surface area contributed by atoms with Gasteiger partial charge in [0.15, 0.2) is 0 Å². The number of esters is 1. The topological polar surface area (TPSA) is 69.6 Å². The van der Waals surface area contributed by atoms with Gasteiger partial charge in [-0.25, -0.2) is 4.79 Å². The van der Waals surface area contributed by atoms with E-state index in [-0.39, 0.29) is 5.91 Å². The van der Waals surface area contributed by atoms with E-state index in [1.54, 1.807) is 29.9 Å². The largest absolute Gasteiger partial charge is 0.495 e. The predicted molar refractivity (Wildman–Crippen MR) is 102 cm³/mol. The number of carbonyl (C=O) groups is 2. The van der Waals surface area contributed by atoms with E-state index in [0.717, 1.165) is 10.2 Å². The molecule has 1 unspecified atom stereocenters. The zero-order chi connectivity index (χ0) is 18.7. The van der Waals surface area contributed by atoms with Crippen LogP contribution < -0.4 is 10.1 Å². The van der Waals surface area contributed by atoms with Gasteiger partial charge in [0.2, 0.25) is 5.91 Å². The van der Waals surface area contributed by atoms with Crippen molar-refractivity contribution in [3.05, 3.63) is 47.5 Å². The fourth-order valence-electron chi connectivity index (χ4n) is 2.99. The van der Waals surface area contributed by atoms with Crippen molar-refractivity contribution in [2.45, 2.75) is 19.4 Å². The van der Waals surface area contributed by atoms with E-state index in [4.69, 9.17) is 9.47 Å². The van der Waals surface area contributed by atoms with Crippen molar-refractivity contribution in [1.82, 2.24) is 4.57 Å². The summed E-state index contributed by atoms with van der Waals surface area (Å²) in [5.41, 5.74) is 1.81. The lowest BCUT2D eigenvalue weighted by Gasteiger charge is -2.20. The Labute approximate surface area is 155 Å². The zero-order valence-corrected chi connectivity index (χ0v) is 15.6. The van der Waals surface area contributed by atoms with Gasteiger partial charge in [-0.3, -0.25) is 4.79 Å². The molecule has 0 fully saturated rings. The van der Waals surface area contributed by atoms with Crippen molar-refractivity contribution in [3.8, 4) is 5.75 Å². The maximum atomic E-state index is 13.0. The molecule has 0 saturated heterocycles. The second-order valence-corrected chi connectivity index (χ2v) is 6.62. The lowest BCUT2D eigenvalue weighted by atomic mass is 10.1. The first-order valence-corrected chi connectivity index (χ1v) is 9.09. The van der Waals surface area contributed by atoms with Crippen LogP contribution in [-0.2, 0) is 9.53 Å². The molecule has 6 nitrogen and oxygen atoms in total. The lowest BCUT2D eigenvalue weighted by Crippen LogP contribution is -2.28. The molecule has 0 radical (unpaired) electrons. The first-order valence-electron chi connectivity index (χ1n) is 8.21. The minimum atomic E-state index is -0.555. The van der Waals surface area contributed by atoms with Crippen molar-refractivity contribution in [2.75, 3.05) is 19.5 Å². The van der Waals surface area contributed by atoms with Crippen LogP contribution in [0, 0.1) is 0 Å². The van der Waals surface area contributed by atoms with Gasteiger partial charge in [0.05, 0.1) is 30.1 Å². The van der Waals surface area contributed by atoms with E-state index in [1.807, 2.05) is 30.5 Å². The quantitative estimate of drug-likeness (QED) is 0.662. The molecule has 0 aliphatic carbocycles. The van der Waals surface area contributed by atoms with E-state index in [2.05, 4.69) is 5.32 Å². The van der Waals surface area contributed by atoms with E-state index in [1.165, 1.54) is 18.4 Å². The average Bonchev–Trinajstić information content (AvgIpc) is 3.24. The van der Waals surface area contributed by atoms with E-state index in [0.29, 0.717) is 23.6 Å². The molecule has 7 heteroatoms. The van der Waals surface area contributed by atoms with Crippen molar-refractivity contribution in [3.63, 3.8) is 0 Å². The number of fused-ring (bicyclic) bond motifs is 1. The molecular weight excluding hydrogens is 352 g/mol. The molecule has 2 aromatic heterocycles. The normalized spacial score (nSPS) is 12.0. The second-order valence-electron chi connectivity index (χ2n) is 5.67. The molecule has 3 rings (SSSR count). The molecule has 1 amide bonds. The Morgan fingerprint density at radius 1 is 1.23 bits per heavy atom. The molecule has 1 atom stereocenters. The van der Waals surface area contributed by atoms with Crippen LogP contribution in [0.4, 0.5) is 5.69 Å². The van der Waals surface area contributed by atoms with Gasteiger partial charge in [-0.15, -0.1) is 11.3 Å².